The number of hydrogen-bond acceptors (Lipinski definition) is 3. The number of benzene rings is 1. The van der Waals surface area contributed by atoms with Crippen LogP contribution >= 0.6 is 15.9 Å². The normalized spacial score (nSPS) is 11.0. The van der Waals surface area contributed by atoms with Crippen molar-refractivity contribution >= 4 is 21.6 Å². The maximum atomic E-state index is 5.74. The summed E-state index contributed by atoms with van der Waals surface area (Å²) in [5.74, 6) is 0.917. The van der Waals surface area contributed by atoms with Gasteiger partial charge in [-0.05, 0) is 47.1 Å². The number of rotatable bonds is 3. The molecule has 0 fully saturated rings. The van der Waals surface area contributed by atoms with Crippen LogP contribution in [0.3, 0.4) is 0 Å². The monoisotopic (exact) mass is 345 g/mol. The minimum atomic E-state index is 0.706. The van der Waals surface area contributed by atoms with Crippen molar-refractivity contribution < 1.29 is 0 Å². The number of nitrogens with two attached hydrogens (primary N) is 1. The summed E-state index contributed by atoms with van der Waals surface area (Å²) >= 11 is 3.60. The average Bonchev–Trinajstić information content (AvgIpc) is 3.01. The zero-order valence-electron chi connectivity index (χ0n) is 11.9. The highest BCUT2D eigenvalue weighted by Crippen LogP contribution is 2.24. The Hall–Kier alpha value is -2.08. The standard InChI is InChI=1S/C15H16BrN5/c1-10-14(16)13(20(2)19-10)9-21-8-7-18-15(21)11-3-5-12(17)6-4-11/h3-8H,9,17H2,1-2H3. The topological polar surface area (TPSA) is 61.7 Å². The molecule has 2 aromatic heterocycles. The summed E-state index contributed by atoms with van der Waals surface area (Å²) in [5.41, 5.74) is 9.64. The van der Waals surface area contributed by atoms with E-state index in [-0.39, 0.29) is 0 Å². The predicted octanol–water partition coefficient (Wildman–Crippen LogP) is 2.99. The molecular formula is C15H16BrN5. The number of hydrogen-bond donors (Lipinski definition) is 1. The van der Waals surface area contributed by atoms with E-state index in [4.69, 9.17) is 5.73 Å². The average molecular weight is 346 g/mol. The SMILES string of the molecule is Cc1nn(C)c(Cn2ccnc2-c2ccc(N)cc2)c1Br. The van der Waals surface area contributed by atoms with Gasteiger partial charge in [-0.25, -0.2) is 4.98 Å². The Morgan fingerprint density at radius 2 is 1.95 bits per heavy atom. The highest BCUT2D eigenvalue weighted by molar-refractivity contribution is 9.10. The molecule has 108 valence electrons. The maximum Gasteiger partial charge on any atom is 0.140 e. The van der Waals surface area contributed by atoms with Crippen molar-refractivity contribution in [1.29, 1.82) is 0 Å². The Labute approximate surface area is 131 Å². The Kier molecular flexibility index (Phi) is 3.55. The van der Waals surface area contributed by atoms with Crippen molar-refractivity contribution in [1.82, 2.24) is 19.3 Å². The Bertz CT molecular complexity index is 770. The van der Waals surface area contributed by atoms with Crippen molar-refractivity contribution in [2.45, 2.75) is 13.5 Å². The fraction of sp³-hybridized carbons (Fsp3) is 0.200. The maximum absolute atomic E-state index is 5.74. The van der Waals surface area contributed by atoms with E-state index in [1.165, 1.54) is 0 Å². The lowest BCUT2D eigenvalue weighted by Crippen LogP contribution is -2.06. The molecule has 0 aliphatic rings. The van der Waals surface area contributed by atoms with Crippen LogP contribution in [0.15, 0.2) is 41.1 Å². The zero-order valence-corrected chi connectivity index (χ0v) is 13.5. The van der Waals surface area contributed by atoms with E-state index in [0.717, 1.165) is 32.9 Å². The molecule has 5 nitrogen and oxygen atoms in total. The number of halogens is 1. The van der Waals surface area contributed by atoms with E-state index in [1.807, 2.05) is 55.3 Å². The lowest BCUT2D eigenvalue weighted by atomic mass is 10.2. The minimum Gasteiger partial charge on any atom is -0.399 e. The molecule has 3 aromatic rings. The fourth-order valence-electron chi connectivity index (χ4n) is 2.34. The highest BCUT2D eigenvalue weighted by Gasteiger charge is 2.13. The van der Waals surface area contributed by atoms with Gasteiger partial charge in [-0.1, -0.05) is 0 Å². The number of imidazole rings is 1. The van der Waals surface area contributed by atoms with Crippen molar-refractivity contribution in [3.63, 3.8) is 0 Å². The minimum absolute atomic E-state index is 0.706. The van der Waals surface area contributed by atoms with Crippen LogP contribution in [0.25, 0.3) is 11.4 Å². The van der Waals surface area contributed by atoms with E-state index in [2.05, 4.69) is 30.6 Å². The van der Waals surface area contributed by atoms with Crippen LogP contribution in [0.1, 0.15) is 11.4 Å². The molecule has 0 spiro atoms. The number of nitrogens with zero attached hydrogens (tertiary/aromatic N) is 4. The first kappa shape index (κ1) is 13.9. The lowest BCUT2D eigenvalue weighted by molar-refractivity contribution is 0.664. The summed E-state index contributed by atoms with van der Waals surface area (Å²) in [5, 5.41) is 4.42. The molecule has 3 rings (SSSR count). The number of anilines is 1. The van der Waals surface area contributed by atoms with Gasteiger partial charge in [0.15, 0.2) is 0 Å². The molecule has 2 N–H and O–H groups in total. The van der Waals surface area contributed by atoms with Crippen LogP contribution < -0.4 is 5.73 Å². The number of nitrogen functional groups attached to an aromatic ring is 1. The Morgan fingerprint density at radius 1 is 1.24 bits per heavy atom. The molecule has 0 amide bonds. The van der Waals surface area contributed by atoms with Gasteiger partial charge < -0.3 is 10.3 Å². The van der Waals surface area contributed by atoms with Crippen LogP contribution in [0.2, 0.25) is 0 Å². The second kappa shape index (κ2) is 5.37. The molecule has 21 heavy (non-hydrogen) atoms. The molecule has 2 heterocycles. The van der Waals surface area contributed by atoms with Crippen molar-refractivity contribution in [2.75, 3.05) is 5.73 Å². The summed E-state index contributed by atoms with van der Waals surface area (Å²) in [7, 11) is 1.95. The molecule has 0 aliphatic carbocycles. The molecular weight excluding hydrogens is 330 g/mol. The van der Waals surface area contributed by atoms with Crippen LogP contribution in [0.4, 0.5) is 5.69 Å². The van der Waals surface area contributed by atoms with Gasteiger partial charge in [0.25, 0.3) is 0 Å². The van der Waals surface area contributed by atoms with Gasteiger partial charge in [0.05, 0.1) is 22.4 Å². The molecule has 0 unspecified atom stereocenters. The van der Waals surface area contributed by atoms with Gasteiger partial charge in [0.2, 0.25) is 0 Å². The quantitative estimate of drug-likeness (QED) is 0.742. The first-order chi connectivity index (χ1) is 10.1. The van der Waals surface area contributed by atoms with Crippen LogP contribution in [0.5, 0.6) is 0 Å². The van der Waals surface area contributed by atoms with E-state index in [9.17, 15) is 0 Å². The summed E-state index contributed by atoms with van der Waals surface area (Å²) in [4.78, 5) is 4.46. The fourth-order valence-corrected chi connectivity index (χ4v) is 2.80. The van der Waals surface area contributed by atoms with Crippen molar-refractivity contribution in [3.05, 3.63) is 52.5 Å². The molecule has 6 heteroatoms. The Morgan fingerprint density at radius 3 is 2.57 bits per heavy atom. The van der Waals surface area contributed by atoms with Gasteiger partial charge in [0, 0.05) is 30.7 Å². The summed E-state index contributed by atoms with van der Waals surface area (Å²) < 4.78 is 5.04. The molecule has 1 aromatic carbocycles. The van der Waals surface area contributed by atoms with Crippen molar-refractivity contribution in [2.24, 2.45) is 7.05 Å². The summed E-state index contributed by atoms with van der Waals surface area (Å²) in [6.07, 6.45) is 3.78. The number of aryl methyl sites for hydroxylation is 2. The van der Waals surface area contributed by atoms with E-state index in [1.54, 1.807) is 0 Å². The second-order valence-corrected chi connectivity index (χ2v) is 5.76. The number of aromatic nitrogens is 4. The van der Waals surface area contributed by atoms with Crippen molar-refractivity contribution in [3.8, 4) is 11.4 Å². The summed E-state index contributed by atoms with van der Waals surface area (Å²) in [6, 6.07) is 7.74. The van der Waals surface area contributed by atoms with Crippen LogP contribution in [0, 0.1) is 6.92 Å². The third kappa shape index (κ3) is 2.58. The van der Waals surface area contributed by atoms with E-state index < -0.39 is 0 Å². The first-order valence-corrected chi connectivity index (χ1v) is 7.40. The molecule has 0 atom stereocenters. The Balaban J connectivity index is 1.98. The van der Waals surface area contributed by atoms with E-state index >= 15 is 0 Å². The molecule has 0 saturated heterocycles. The predicted molar refractivity (Wildman–Crippen MR) is 86.8 cm³/mol. The van der Waals surface area contributed by atoms with Crippen LogP contribution in [-0.2, 0) is 13.6 Å². The second-order valence-electron chi connectivity index (χ2n) is 4.97. The largest absolute Gasteiger partial charge is 0.399 e. The van der Waals surface area contributed by atoms with Gasteiger partial charge in [-0.15, -0.1) is 0 Å². The molecule has 0 saturated carbocycles. The zero-order chi connectivity index (χ0) is 15.0. The first-order valence-electron chi connectivity index (χ1n) is 6.61. The lowest BCUT2D eigenvalue weighted by Gasteiger charge is -2.09. The van der Waals surface area contributed by atoms with E-state index in [0.29, 0.717) is 6.54 Å². The van der Waals surface area contributed by atoms with Gasteiger partial charge in [0.1, 0.15) is 5.82 Å². The third-order valence-electron chi connectivity index (χ3n) is 3.47. The third-order valence-corrected chi connectivity index (χ3v) is 4.50. The van der Waals surface area contributed by atoms with Crippen LogP contribution in [-0.4, -0.2) is 19.3 Å². The molecule has 0 bridgehead atoms. The highest BCUT2D eigenvalue weighted by atomic mass is 79.9. The van der Waals surface area contributed by atoms with Gasteiger partial charge in [-0.3, -0.25) is 4.68 Å². The smallest absolute Gasteiger partial charge is 0.140 e. The van der Waals surface area contributed by atoms with Gasteiger partial charge >= 0.3 is 0 Å². The summed E-state index contributed by atoms with van der Waals surface area (Å²) in [6.45, 7) is 2.69. The van der Waals surface area contributed by atoms with Gasteiger partial charge in [-0.2, -0.15) is 5.10 Å². The molecule has 0 aliphatic heterocycles. The molecule has 0 radical (unpaired) electrons.